The molecule has 2 heteroatoms. The summed E-state index contributed by atoms with van der Waals surface area (Å²) in [6.07, 6.45) is 4.04. The van der Waals surface area contributed by atoms with Crippen LogP contribution in [0.4, 0.5) is 0 Å². The van der Waals surface area contributed by atoms with E-state index in [9.17, 15) is 0 Å². The lowest BCUT2D eigenvalue weighted by molar-refractivity contribution is 0.105. The van der Waals surface area contributed by atoms with Crippen LogP contribution in [0.25, 0.3) is 0 Å². The first-order valence-corrected chi connectivity index (χ1v) is 6.95. The van der Waals surface area contributed by atoms with Gasteiger partial charge in [-0.05, 0) is 65.7 Å². The monoisotopic (exact) mass is 226 g/mol. The second-order valence-corrected chi connectivity index (χ2v) is 6.02. The lowest BCUT2D eigenvalue weighted by Crippen LogP contribution is -2.45. The Balaban J connectivity index is 2.24. The van der Waals surface area contributed by atoms with Gasteiger partial charge >= 0.3 is 0 Å². The fourth-order valence-electron chi connectivity index (χ4n) is 2.49. The molecule has 2 nitrogen and oxygen atoms in total. The number of likely N-dealkylation sites (tertiary alicyclic amines) is 1. The third kappa shape index (κ3) is 4.42. The molecule has 1 heterocycles. The Morgan fingerprint density at radius 3 is 2.12 bits per heavy atom. The molecule has 0 aromatic rings. The molecule has 0 bridgehead atoms. The summed E-state index contributed by atoms with van der Waals surface area (Å²) in [6, 6.07) is 1.55. The second-order valence-electron chi connectivity index (χ2n) is 6.02. The van der Waals surface area contributed by atoms with Crippen molar-refractivity contribution in [3.05, 3.63) is 0 Å². The largest absolute Gasteiger partial charge is 0.303 e. The molecule has 1 saturated heterocycles. The van der Waals surface area contributed by atoms with Gasteiger partial charge in [0.2, 0.25) is 0 Å². The minimum absolute atomic E-state index is 0.724. The number of nitrogens with zero attached hydrogens (tertiary/aromatic N) is 2. The van der Waals surface area contributed by atoms with Gasteiger partial charge in [0, 0.05) is 12.1 Å². The smallest absolute Gasteiger partial charge is 0.0117 e. The average molecular weight is 226 g/mol. The molecule has 0 unspecified atom stereocenters. The highest BCUT2D eigenvalue weighted by molar-refractivity contribution is 4.79. The topological polar surface area (TPSA) is 6.48 Å². The van der Waals surface area contributed by atoms with E-state index >= 15 is 0 Å². The summed E-state index contributed by atoms with van der Waals surface area (Å²) < 4.78 is 0. The predicted octanol–water partition coefficient (Wildman–Crippen LogP) is 2.84. The molecule has 0 spiro atoms. The number of piperidine rings is 1. The van der Waals surface area contributed by atoms with Crippen LogP contribution in [-0.2, 0) is 0 Å². The Morgan fingerprint density at radius 2 is 1.69 bits per heavy atom. The van der Waals surface area contributed by atoms with Crippen LogP contribution in [0.5, 0.6) is 0 Å². The van der Waals surface area contributed by atoms with Gasteiger partial charge in [-0.25, -0.2) is 0 Å². The second kappa shape index (κ2) is 6.61. The SMILES string of the molecule is CC(C)CCN(C)C1CCN(C(C)C)CC1. The van der Waals surface area contributed by atoms with Crippen molar-refractivity contribution >= 4 is 0 Å². The van der Waals surface area contributed by atoms with Crippen molar-refractivity contribution in [3.63, 3.8) is 0 Å². The fourth-order valence-corrected chi connectivity index (χ4v) is 2.49. The van der Waals surface area contributed by atoms with E-state index in [1.165, 1.54) is 38.9 Å². The van der Waals surface area contributed by atoms with Crippen molar-refractivity contribution in [1.82, 2.24) is 9.80 Å². The highest BCUT2D eigenvalue weighted by Gasteiger charge is 2.23. The van der Waals surface area contributed by atoms with E-state index in [1.54, 1.807) is 0 Å². The average Bonchev–Trinajstić information content (AvgIpc) is 2.26. The molecule has 1 rings (SSSR count). The van der Waals surface area contributed by atoms with Gasteiger partial charge < -0.3 is 9.80 Å². The predicted molar refractivity (Wildman–Crippen MR) is 71.8 cm³/mol. The fraction of sp³-hybridized carbons (Fsp3) is 1.00. The minimum atomic E-state index is 0.724. The Morgan fingerprint density at radius 1 is 1.12 bits per heavy atom. The maximum atomic E-state index is 2.60. The lowest BCUT2D eigenvalue weighted by Gasteiger charge is -2.38. The molecule has 1 fully saturated rings. The third-order valence-electron chi connectivity index (χ3n) is 3.91. The Labute approximate surface area is 102 Å². The number of rotatable bonds is 5. The summed E-state index contributed by atoms with van der Waals surface area (Å²) in [5.41, 5.74) is 0. The Kier molecular flexibility index (Phi) is 5.77. The molecule has 96 valence electrons. The van der Waals surface area contributed by atoms with Gasteiger partial charge in [0.05, 0.1) is 0 Å². The van der Waals surface area contributed by atoms with E-state index in [4.69, 9.17) is 0 Å². The molecule has 0 atom stereocenters. The number of hydrogen-bond donors (Lipinski definition) is 0. The van der Waals surface area contributed by atoms with E-state index in [-0.39, 0.29) is 0 Å². The first-order chi connectivity index (χ1) is 7.50. The zero-order valence-electron chi connectivity index (χ0n) is 11.9. The van der Waals surface area contributed by atoms with E-state index in [0.717, 1.165) is 18.0 Å². The van der Waals surface area contributed by atoms with E-state index in [1.807, 2.05) is 0 Å². The highest BCUT2D eigenvalue weighted by Crippen LogP contribution is 2.17. The Hall–Kier alpha value is -0.0800. The van der Waals surface area contributed by atoms with Crippen molar-refractivity contribution in [2.45, 2.75) is 59.0 Å². The molecule has 1 aliphatic rings. The molecule has 0 saturated carbocycles. The normalized spacial score (nSPS) is 20.2. The van der Waals surface area contributed by atoms with Gasteiger partial charge in [-0.3, -0.25) is 0 Å². The van der Waals surface area contributed by atoms with Crippen molar-refractivity contribution in [3.8, 4) is 0 Å². The van der Waals surface area contributed by atoms with Gasteiger partial charge in [-0.2, -0.15) is 0 Å². The van der Waals surface area contributed by atoms with Gasteiger partial charge in [0.1, 0.15) is 0 Å². The van der Waals surface area contributed by atoms with Crippen LogP contribution in [0.3, 0.4) is 0 Å². The van der Waals surface area contributed by atoms with E-state index in [0.29, 0.717) is 0 Å². The van der Waals surface area contributed by atoms with Crippen LogP contribution in [0, 0.1) is 5.92 Å². The lowest BCUT2D eigenvalue weighted by atomic mass is 10.0. The van der Waals surface area contributed by atoms with Crippen LogP contribution >= 0.6 is 0 Å². The third-order valence-corrected chi connectivity index (χ3v) is 3.91. The molecule has 16 heavy (non-hydrogen) atoms. The zero-order valence-corrected chi connectivity index (χ0v) is 11.9. The number of hydrogen-bond acceptors (Lipinski definition) is 2. The molecule has 0 N–H and O–H groups in total. The molecule has 1 aliphatic heterocycles. The first-order valence-electron chi connectivity index (χ1n) is 6.95. The van der Waals surface area contributed by atoms with Crippen LogP contribution in [-0.4, -0.2) is 48.6 Å². The maximum absolute atomic E-state index is 2.60. The zero-order chi connectivity index (χ0) is 12.1. The van der Waals surface area contributed by atoms with Crippen molar-refractivity contribution < 1.29 is 0 Å². The van der Waals surface area contributed by atoms with E-state index < -0.39 is 0 Å². The molecule has 0 radical (unpaired) electrons. The van der Waals surface area contributed by atoms with Crippen molar-refractivity contribution in [2.24, 2.45) is 5.92 Å². The summed E-state index contributed by atoms with van der Waals surface area (Å²) in [6.45, 7) is 13.1. The molecule has 0 aromatic heterocycles. The Bertz CT molecular complexity index is 181. The highest BCUT2D eigenvalue weighted by atomic mass is 15.2. The first kappa shape index (κ1) is 14.0. The molecular weight excluding hydrogens is 196 g/mol. The molecule has 0 aliphatic carbocycles. The van der Waals surface area contributed by atoms with Gasteiger partial charge in [-0.15, -0.1) is 0 Å². The summed E-state index contributed by atoms with van der Waals surface area (Å²) in [7, 11) is 2.30. The molecular formula is C14H30N2. The van der Waals surface area contributed by atoms with Crippen molar-refractivity contribution in [1.29, 1.82) is 0 Å². The van der Waals surface area contributed by atoms with Crippen molar-refractivity contribution in [2.75, 3.05) is 26.7 Å². The van der Waals surface area contributed by atoms with Gasteiger partial charge in [-0.1, -0.05) is 13.8 Å². The summed E-state index contributed by atoms with van der Waals surface area (Å²) >= 11 is 0. The van der Waals surface area contributed by atoms with E-state index in [2.05, 4.69) is 44.5 Å². The van der Waals surface area contributed by atoms with Crippen LogP contribution in [0.2, 0.25) is 0 Å². The maximum Gasteiger partial charge on any atom is 0.0117 e. The van der Waals surface area contributed by atoms with Crippen LogP contribution < -0.4 is 0 Å². The van der Waals surface area contributed by atoms with Crippen LogP contribution in [0.1, 0.15) is 47.0 Å². The van der Waals surface area contributed by atoms with Gasteiger partial charge in [0.25, 0.3) is 0 Å². The summed E-state index contributed by atoms with van der Waals surface area (Å²) in [5.74, 6) is 0.832. The summed E-state index contributed by atoms with van der Waals surface area (Å²) in [4.78, 5) is 5.18. The van der Waals surface area contributed by atoms with Crippen LogP contribution in [0.15, 0.2) is 0 Å². The molecule has 0 aromatic carbocycles. The van der Waals surface area contributed by atoms with Gasteiger partial charge in [0.15, 0.2) is 0 Å². The quantitative estimate of drug-likeness (QED) is 0.711. The minimum Gasteiger partial charge on any atom is -0.303 e. The summed E-state index contributed by atoms with van der Waals surface area (Å²) in [5, 5.41) is 0. The standard InChI is InChI=1S/C14H30N2/c1-12(2)6-9-15(5)14-7-10-16(11-8-14)13(3)4/h12-14H,6-11H2,1-5H3. The molecule has 0 amide bonds.